The molecule has 0 aliphatic carbocycles. The van der Waals surface area contributed by atoms with Crippen LogP contribution >= 0.6 is 0 Å². The number of nitrogens with two attached hydrogens (primary N) is 1. The van der Waals surface area contributed by atoms with Crippen molar-refractivity contribution in [1.82, 2.24) is 19.7 Å². The quantitative estimate of drug-likeness (QED) is 0.611. The van der Waals surface area contributed by atoms with Gasteiger partial charge in [0, 0.05) is 31.4 Å². The average molecular weight is 407 g/mol. The highest BCUT2D eigenvalue weighted by molar-refractivity contribution is 5.94. The second-order valence-corrected chi connectivity index (χ2v) is 7.56. The van der Waals surface area contributed by atoms with Gasteiger partial charge in [0.25, 0.3) is 5.91 Å². The Morgan fingerprint density at radius 2 is 2.10 bits per heavy atom. The predicted molar refractivity (Wildman–Crippen MR) is 111 cm³/mol. The van der Waals surface area contributed by atoms with Crippen molar-refractivity contribution in [1.29, 1.82) is 0 Å². The third-order valence-electron chi connectivity index (χ3n) is 5.48. The van der Waals surface area contributed by atoms with Crippen LogP contribution in [-0.2, 0) is 11.3 Å². The minimum atomic E-state index is -0.461. The van der Waals surface area contributed by atoms with Crippen molar-refractivity contribution >= 4 is 11.9 Å². The van der Waals surface area contributed by atoms with Crippen LogP contribution in [0.2, 0.25) is 0 Å². The largest absolute Gasteiger partial charge is 0.464 e. The number of H-pyrrole nitrogens is 1. The standard InChI is InChI=1S/C22H25N5O3/c1-30-22(29)19-10-15(11-24-19)12-26-9-5-6-16(13-26)20-18(21(23)28)14-27(25-20)17-7-3-2-4-8-17/h2-4,7-8,10-11,14,16,24H,5-6,9,12-13H2,1H3,(H2,23,28)/t16-/m0/s1. The molecule has 0 spiro atoms. The molecule has 0 saturated carbocycles. The van der Waals surface area contributed by atoms with Gasteiger partial charge >= 0.3 is 5.97 Å². The number of likely N-dealkylation sites (tertiary alicyclic amines) is 1. The summed E-state index contributed by atoms with van der Waals surface area (Å²) in [5.74, 6) is -0.724. The van der Waals surface area contributed by atoms with Crippen molar-refractivity contribution in [2.75, 3.05) is 20.2 Å². The number of methoxy groups -OCH3 is 1. The van der Waals surface area contributed by atoms with Gasteiger partial charge < -0.3 is 15.5 Å². The Labute approximate surface area is 174 Å². The molecule has 1 aliphatic heterocycles. The monoisotopic (exact) mass is 407 g/mol. The fourth-order valence-corrected chi connectivity index (χ4v) is 4.03. The van der Waals surface area contributed by atoms with Gasteiger partial charge in [0.1, 0.15) is 5.69 Å². The zero-order valence-electron chi connectivity index (χ0n) is 16.9. The summed E-state index contributed by atoms with van der Waals surface area (Å²) in [6.45, 7) is 2.42. The smallest absolute Gasteiger partial charge is 0.354 e. The highest BCUT2D eigenvalue weighted by Gasteiger charge is 2.28. The van der Waals surface area contributed by atoms with E-state index in [1.807, 2.05) is 42.6 Å². The normalized spacial score (nSPS) is 17.0. The van der Waals surface area contributed by atoms with E-state index in [2.05, 4.69) is 9.88 Å². The zero-order chi connectivity index (χ0) is 21.1. The average Bonchev–Trinajstić information content (AvgIpc) is 3.42. The minimum Gasteiger partial charge on any atom is -0.464 e. The number of aromatic nitrogens is 3. The SMILES string of the molecule is COC(=O)c1cc(CN2CCC[C@H](c3nn(-c4ccccc4)cc3C(N)=O)C2)c[nH]1. The Bertz CT molecular complexity index is 1040. The highest BCUT2D eigenvalue weighted by atomic mass is 16.5. The molecule has 4 rings (SSSR count). The van der Waals surface area contributed by atoms with Crippen LogP contribution in [0.25, 0.3) is 5.69 Å². The summed E-state index contributed by atoms with van der Waals surface area (Å²) >= 11 is 0. The molecule has 2 aromatic heterocycles. The molecule has 8 heteroatoms. The molecule has 0 radical (unpaired) electrons. The van der Waals surface area contributed by atoms with Crippen LogP contribution in [-0.4, -0.2) is 51.7 Å². The number of carbonyl (C=O) groups is 2. The van der Waals surface area contributed by atoms with Crippen molar-refractivity contribution in [3.05, 3.63) is 71.3 Å². The number of benzene rings is 1. The number of piperidine rings is 1. The van der Waals surface area contributed by atoms with Crippen molar-refractivity contribution in [3.8, 4) is 5.69 Å². The van der Waals surface area contributed by atoms with Crippen molar-refractivity contribution in [2.45, 2.75) is 25.3 Å². The number of nitrogens with zero attached hydrogens (tertiary/aromatic N) is 3. The van der Waals surface area contributed by atoms with E-state index in [4.69, 9.17) is 15.6 Å². The number of hydrogen-bond acceptors (Lipinski definition) is 5. The maximum Gasteiger partial charge on any atom is 0.354 e. The second kappa shape index (κ2) is 8.54. The number of para-hydroxylation sites is 1. The highest BCUT2D eigenvalue weighted by Crippen LogP contribution is 2.30. The number of amides is 1. The first-order valence-electron chi connectivity index (χ1n) is 9.98. The van der Waals surface area contributed by atoms with Crippen molar-refractivity contribution in [3.63, 3.8) is 0 Å². The van der Waals surface area contributed by atoms with Crippen LogP contribution in [0.4, 0.5) is 0 Å². The summed E-state index contributed by atoms with van der Waals surface area (Å²) in [5, 5.41) is 4.73. The van der Waals surface area contributed by atoms with Crippen LogP contribution in [0.1, 0.15) is 50.9 Å². The summed E-state index contributed by atoms with van der Waals surface area (Å²) in [4.78, 5) is 29.0. The third-order valence-corrected chi connectivity index (χ3v) is 5.48. The zero-order valence-corrected chi connectivity index (χ0v) is 16.9. The lowest BCUT2D eigenvalue weighted by atomic mass is 9.92. The molecule has 1 atom stereocenters. The predicted octanol–water partition coefficient (Wildman–Crippen LogP) is 2.47. The number of nitrogens with one attached hydrogen (secondary N) is 1. The lowest BCUT2D eigenvalue weighted by Crippen LogP contribution is -2.34. The topological polar surface area (TPSA) is 106 Å². The molecular formula is C22H25N5O3. The molecule has 1 aliphatic rings. The van der Waals surface area contributed by atoms with E-state index < -0.39 is 5.91 Å². The van der Waals surface area contributed by atoms with E-state index in [1.165, 1.54) is 7.11 Å². The van der Waals surface area contributed by atoms with Gasteiger partial charge in [0.05, 0.1) is 24.1 Å². The van der Waals surface area contributed by atoms with Crippen LogP contribution in [0, 0.1) is 0 Å². The molecule has 156 valence electrons. The molecular weight excluding hydrogens is 382 g/mol. The lowest BCUT2D eigenvalue weighted by Gasteiger charge is -2.32. The Balaban J connectivity index is 1.53. The first kappa shape index (κ1) is 19.9. The number of primary amides is 1. The maximum absolute atomic E-state index is 12.1. The second-order valence-electron chi connectivity index (χ2n) is 7.56. The lowest BCUT2D eigenvalue weighted by molar-refractivity contribution is 0.0594. The van der Waals surface area contributed by atoms with E-state index in [1.54, 1.807) is 10.9 Å². The van der Waals surface area contributed by atoms with Gasteiger partial charge in [-0.2, -0.15) is 5.10 Å². The van der Waals surface area contributed by atoms with E-state index in [9.17, 15) is 9.59 Å². The molecule has 30 heavy (non-hydrogen) atoms. The number of ether oxygens (including phenoxy) is 1. The summed E-state index contributed by atoms with van der Waals surface area (Å²) in [7, 11) is 1.36. The fourth-order valence-electron chi connectivity index (χ4n) is 4.03. The van der Waals surface area contributed by atoms with Crippen LogP contribution < -0.4 is 5.73 Å². The number of hydrogen-bond donors (Lipinski definition) is 2. The van der Waals surface area contributed by atoms with Gasteiger partial charge in [-0.3, -0.25) is 9.69 Å². The molecule has 1 saturated heterocycles. The number of esters is 1. The summed E-state index contributed by atoms with van der Waals surface area (Å²) in [5.41, 5.74) is 9.23. The van der Waals surface area contributed by atoms with Crippen LogP contribution in [0.15, 0.2) is 48.8 Å². The molecule has 1 fully saturated rings. The van der Waals surface area contributed by atoms with Gasteiger partial charge in [-0.25, -0.2) is 9.48 Å². The van der Waals surface area contributed by atoms with E-state index in [0.717, 1.165) is 42.9 Å². The van der Waals surface area contributed by atoms with E-state index >= 15 is 0 Å². The van der Waals surface area contributed by atoms with Gasteiger partial charge in [-0.15, -0.1) is 0 Å². The number of carbonyl (C=O) groups excluding carboxylic acids is 2. The molecule has 0 unspecified atom stereocenters. The molecule has 3 heterocycles. The Kier molecular flexibility index (Phi) is 5.67. The number of aromatic amines is 1. The van der Waals surface area contributed by atoms with Gasteiger partial charge in [-0.1, -0.05) is 18.2 Å². The third kappa shape index (κ3) is 4.13. The Morgan fingerprint density at radius 3 is 2.83 bits per heavy atom. The molecule has 0 bridgehead atoms. The molecule has 3 aromatic rings. The van der Waals surface area contributed by atoms with Crippen LogP contribution in [0.5, 0.6) is 0 Å². The first-order chi connectivity index (χ1) is 14.5. The molecule has 1 aromatic carbocycles. The summed E-state index contributed by atoms with van der Waals surface area (Å²) in [6.07, 6.45) is 5.49. The van der Waals surface area contributed by atoms with E-state index in [0.29, 0.717) is 17.8 Å². The summed E-state index contributed by atoms with van der Waals surface area (Å²) in [6, 6.07) is 11.5. The fraction of sp³-hybridized carbons (Fsp3) is 0.318. The summed E-state index contributed by atoms with van der Waals surface area (Å²) < 4.78 is 6.48. The maximum atomic E-state index is 12.1. The minimum absolute atomic E-state index is 0.116. The van der Waals surface area contributed by atoms with Gasteiger partial charge in [0.2, 0.25) is 0 Å². The van der Waals surface area contributed by atoms with Crippen LogP contribution in [0.3, 0.4) is 0 Å². The molecule has 8 nitrogen and oxygen atoms in total. The van der Waals surface area contributed by atoms with Crippen molar-refractivity contribution < 1.29 is 14.3 Å². The van der Waals surface area contributed by atoms with Crippen molar-refractivity contribution in [2.24, 2.45) is 5.73 Å². The molecule has 3 N–H and O–H groups in total. The Hall–Kier alpha value is -3.39. The van der Waals surface area contributed by atoms with E-state index in [-0.39, 0.29) is 11.9 Å². The Morgan fingerprint density at radius 1 is 1.30 bits per heavy atom. The molecule has 1 amide bonds. The van der Waals surface area contributed by atoms with Gasteiger partial charge in [0.15, 0.2) is 0 Å². The first-order valence-corrected chi connectivity index (χ1v) is 9.98. The number of rotatable bonds is 6. The van der Waals surface area contributed by atoms with Gasteiger partial charge in [-0.05, 0) is 43.1 Å².